The van der Waals surface area contributed by atoms with E-state index in [1.807, 2.05) is 42.1 Å². The molecule has 0 amide bonds. The minimum atomic E-state index is -0.0778. The summed E-state index contributed by atoms with van der Waals surface area (Å²) in [4.78, 5) is 13.9. The van der Waals surface area contributed by atoms with E-state index in [4.69, 9.17) is 4.74 Å². The molecule has 0 radical (unpaired) electrons. The molecular weight excluding hydrogens is 280 g/mol. The molecule has 3 unspecified atom stereocenters. The van der Waals surface area contributed by atoms with E-state index in [1.165, 1.54) is 10.5 Å². The lowest BCUT2D eigenvalue weighted by molar-refractivity contribution is -0.139. The van der Waals surface area contributed by atoms with Gasteiger partial charge >= 0.3 is 5.97 Å². The van der Waals surface area contributed by atoms with Crippen molar-refractivity contribution >= 4 is 17.7 Å². The van der Waals surface area contributed by atoms with Gasteiger partial charge in [0.15, 0.2) is 0 Å². The second-order valence-electron chi connectivity index (χ2n) is 5.70. The van der Waals surface area contributed by atoms with E-state index in [2.05, 4.69) is 24.3 Å². The second-order valence-corrected chi connectivity index (χ2v) is 7.04. The molecule has 1 fully saturated rings. The Kier molecular flexibility index (Phi) is 3.23. The zero-order valence-corrected chi connectivity index (χ0v) is 12.4. The smallest absolute Gasteiger partial charge is 0.314 e. The maximum absolute atomic E-state index is 12.5. The van der Waals surface area contributed by atoms with Crippen molar-refractivity contribution in [1.82, 2.24) is 0 Å². The molecule has 1 aliphatic heterocycles. The van der Waals surface area contributed by atoms with Crippen molar-refractivity contribution in [2.45, 2.75) is 28.9 Å². The van der Waals surface area contributed by atoms with E-state index in [0.29, 0.717) is 16.9 Å². The quantitative estimate of drug-likeness (QED) is 0.612. The van der Waals surface area contributed by atoms with Crippen molar-refractivity contribution in [3.05, 3.63) is 60.2 Å². The summed E-state index contributed by atoms with van der Waals surface area (Å²) in [5, 5.41) is 0.554. The van der Waals surface area contributed by atoms with Crippen LogP contribution >= 0.6 is 11.8 Å². The third kappa shape index (κ3) is 2.36. The van der Waals surface area contributed by atoms with Gasteiger partial charge in [-0.05, 0) is 42.5 Å². The molecule has 1 aliphatic carbocycles. The maximum atomic E-state index is 12.5. The van der Waals surface area contributed by atoms with Crippen LogP contribution in [0.4, 0.5) is 0 Å². The summed E-state index contributed by atoms with van der Waals surface area (Å²) in [5.74, 6) is 0.880. The normalized spacial score (nSPS) is 26.2. The molecule has 2 aliphatic rings. The van der Waals surface area contributed by atoms with Gasteiger partial charge in [0.2, 0.25) is 0 Å². The number of ether oxygens (including phenoxy) is 1. The van der Waals surface area contributed by atoms with Crippen molar-refractivity contribution in [2.75, 3.05) is 0 Å². The van der Waals surface area contributed by atoms with Crippen molar-refractivity contribution in [2.24, 2.45) is 5.92 Å². The first-order chi connectivity index (χ1) is 10.3. The SMILES string of the molecule is O=C(Oc1ccccc1)C1CC2CC1c1ccccc1S2. The zero-order valence-electron chi connectivity index (χ0n) is 11.6. The summed E-state index contributed by atoms with van der Waals surface area (Å²) >= 11 is 1.92. The largest absolute Gasteiger partial charge is 0.426 e. The van der Waals surface area contributed by atoms with Crippen molar-refractivity contribution in [3.63, 3.8) is 0 Å². The van der Waals surface area contributed by atoms with Crippen LogP contribution in [0.1, 0.15) is 24.3 Å². The highest BCUT2D eigenvalue weighted by Gasteiger charge is 2.44. The van der Waals surface area contributed by atoms with Crippen LogP contribution in [0.15, 0.2) is 59.5 Å². The number of carbonyl (C=O) groups is 1. The average molecular weight is 296 g/mol. The van der Waals surface area contributed by atoms with Gasteiger partial charge in [0.25, 0.3) is 0 Å². The fourth-order valence-electron chi connectivity index (χ4n) is 3.45. The van der Waals surface area contributed by atoms with Crippen LogP contribution in [0.25, 0.3) is 0 Å². The molecule has 4 rings (SSSR count). The average Bonchev–Trinajstić information content (AvgIpc) is 2.86. The summed E-state index contributed by atoms with van der Waals surface area (Å²) in [6, 6.07) is 17.9. The molecule has 2 aromatic carbocycles. The van der Waals surface area contributed by atoms with Gasteiger partial charge in [0.05, 0.1) is 5.92 Å². The van der Waals surface area contributed by atoms with Crippen LogP contribution in [-0.4, -0.2) is 11.2 Å². The van der Waals surface area contributed by atoms with Gasteiger partial charge in [-0.25, -0.2) is 0 Å². The fourth-order valence-corrected chi connectivity index (χ4v) is 4.92. The summed E-state index contributed by atoms with van der Waals surface area (Å²) < 4.78 is 5.57. The lowest BCUT2D eigenvalue weighted by atomic mass is 9.89. The Labute approximate surface area is 128 Å². The minimum Gasteiger partial charge on any atom is -0.426 e. The van der Waals surface area contributed by atoms with Crippen molar-refractivity contribution in [3.8, 4) is 5.75 Å². The third-order valence-electron chi connectivity index (χ3n) is 4.40. The first kappa shape index (κ1) is 13.0. The van der Waals surface area contributed by atoms with Gasteiger partial charge < -0.3 is 4.74 Å². The van der Waals surface area contributed by atoms with Gasteiger partial charge in [0, 0.05) is 10.1 Å². The van der Waals surface area contributed by atoms with Gasteiger partial charge in [0.1, 0.15) is 5.75 Å². The highest BCUT2D eigenvalue weighted by Crippen LogP contribution is 2.53. The van der Waals surface area contributed by atoms with Crippen LogP contribution < -0.4 is 4.74 Å². The molecule has 2 bridgehead atoms. The maximum Gasteiger partial charge on any atom is 0.314 e. The fraction of sp³-hybridized carbons (Fsp3) is 0.278. The van der Waals surface area contributed by atoms with E-state index >= 15 is 0 Å². The molecule has 2 nitrogen and oxygen atoms in total. The van der Waals surface area contributed by atoms with Gasteiger partial charge in [-0.15, -0.1) is 11.8 Å². The molecule has 3 heteroatoms. The molecule has 0 saturated heterocycles. The summed E-state index contributed by atoms with van der Waals surface area (Å²) in [6.07, 6.45) is 2.02. The number of hydrogen-bond acceptors (Lipinski definition) is 3. The molecule has 1 heterocycles. The molecule has 0 spiro atoms. The lowest BCUT2D eigenvalue weighted by Crippen LogP contribution is -2.23. The van der Waals surface area contributed by atoms with Crippen LogP contribution in [0, 0.1) is 5.92 Å². The summed E-state index contributed by atoms with van der Waals surface area (Å²) in [6.45, 7) is 0. The Balaban J connectivity index is 1.58. The molecule has 0 N–H and O–H groups in total. The van der Waals surface area contributed by atoms with Crippen LogP contribution in [0.2, 0.25) is 0 Å². The highest BCUT2D eigenvalue weighted by molar-refractivity contribution is 8.00. The van der Waals surface area contributed by atoms with E-state index in [9.17, 15) is 4.79 Å². The zero-order chi connectivity index (χ0) is 14.2. The Hall–Kier alpha value is -1.74. The number of thioether (sulfide) groups is 1. The number of hydrogen-bond donors (Lipinski definition) is 0. The Bertz CT molecular complexity index is 668. The third-order valence-corrected chi connectivity index (χ3v) is 5.74. The van der Waals surface area contributed by atoms with Crippen molar-refractivity contribution < 1.29 is 9.53 Å². The molecule has 1 saturated carbocycles. The van der Waals surface area contributed by atoms with E-state index in [0.717, 1.165) is 12.8 Å². The first-order valence-electron chi connectivity index (χ1n) is 7.33. The van der Waals surface area contributed by atoms with E-state index < -0.39 is 0 Å². The summed E-state index contributed by atoms with van der Waals surface area (Å²) in [7, 11) is 0. The molecular formula is C18H16O2S. The Morgan fingerprint density at radius 1 is 1.00 bits per heavy atom. The molecule has 106 valence electrons. The number of benzene rings is 2. The standard InChI is InChI=1S/C18H16O2S/c19-18(20-12-6-2-1-3-7-12)16-11-13-10-15(16)14-8-4-5-9-17(14)21-13/h1-9,13,15-16H,10-11H2. The van der Waals surface area contributed by atoms with Crippen LogP contribution in [0.3, 0.4) is 0 Å². The van der Waals surface area contributed by atoms with Crippen LogP contribution in [-0.2, 0) is 4.79 Å². The lowest BCUT2D eigenvalue weighted by Gasteiger charge is -2.23. The first-order valence-corrected chi connectivity index (χ1v) is 8.21. The molecule has 3 atom stereocenters. The van der Waals surface area contributed by atoms with E-state index in [1.54, 1.807) is 0 Å². The molecule has 2 aromatic rings. The topological polar surface area (TPSA) is 26.3 Å². The monoisotopic (exact) mass is 296 g/mol. The highest BCUT2D eigenvalue weighted by atomic mass is 32.2. The number of para-hydroxylation sites is 1. The minimum absolute atomic E-state index is 0.00800. The van der Waals surface area contributed by atoms with Crippen LogP contribution in [0.5, 0.6) is 5.75 Å². The van der Waals surface area contributed by atoms with E-state index in [-0.39, 0.29) is 11.9 Å². The number of rotatable bonds is 2. The second kappa shape index (κ2) is 5.23. The van der Waals surface area contributed by atoms with Gasteiger partial charge in [-0.3, -0.25) is 4.79 Å². The predicted molar refractivity (Wildman–Crippen MR) is 83.6 cm³/mol. The Morgan fingerprint density at radius 3 is 2.62 bits per heavy atom. The Morgan fingerprint density at radius 2 is 1.76 bits per heavy atom. The molecule has 0 aromatic heterocycles. The predicted octanol–water partition coefficient (Wildman–Crippen LogP) is 4.26. The number of esters is 1. The van der Waals surface area contributed by atoms with Gasteiger partial charge in [-0.2, -0.15) is 0 Å². The van der Waals surface area contributed by atoms with Crippen molar-refractivity contribution in [1.29, 1.82) is 0 Å². The van der Waals surface area contributed by atoms with Gasteiger partial charge in [-0.1, -0.05) is 36.4 Å². The number of carbonyl (C=O) groups excluding carboxylic acids is 1. The molecule has 21 heavy (non-hydrogen) atoms. The summed E-state index contributed by atoms with van der Waals surface area (Å²) in [5.41, 5.74) is 1.33. The number of fused-ring (bicyclic) bond motifs is 4.